The number of halogens is 1. The Balaban J connectivity index is 1.90. The quantitative estimate of drug-likeness (QED) is 0.372. The molecule has 0 bridgehead atoms. The first kappa shape index (κ1) is 19.8. The summed E-state index contributed by atoms with van der Waals surface area (Å²) in [5.41, 5.74) is 0.601. The van der Waals surface area contributed by atoms with Crippen LogP contribution in [0, 0.1) is 5.82 Å². The summed E-state index contributed by atoms with van der Waals surface area (Å²) in [5.74, 6) is -2.39. The van der Waals surface area contributed by atoms with Gasteiger partial charge in [-0.3, -0.25) is 9.59 Å². The van der Waals surface area contributed by atoms with Crippen LogP contribution in [-0.2, 0) is 16.1 Å². The summed E-state index contributed by atoms with van der Waals surface area (Å²) in [7, 11) is 1.38. The smallest absolute Gasteiger partial charge is 0.295 e. The Kier molecular flexibility index (Phi) is 5.37. The summed E-state index contributed by atoms with van der Waals surface area (Å²) in [4.78, 5) is 28.2. The van der Waals surface area contributed by atoms with Crippen molar-refractivity contribution in [2.45, 2.75) is 12.6 Å². The molecule has 0 aliphatic carbocycles. The maximum Gasteiger partial charge on any atom is 0.295 e. The van der Waals surface area contributed by atoms with Crippen molar-refractivity contribution in [1.29, 1.82) is 0 Å². The maximum atomic E-state index is 13.9. The second-order valence-corrected chi connectivity index (χ2v) is 7.79. The number of aliphatic hydroxyl groups is 1. The van der Waals surface area contributed by atoms with E-state index in [2.05, 4.69) is 0 Å². The molecule has 0 saturated carbocycles. The number of nitrogens with zero attached hydrogens (tertiary/aromatic N) is 1. The monoisotopic (exact) mass is 423 g/mol. The zero-order valence-corrected chi connectivity index (χ0v) is 16.9. The fourth-order valence-electron chi connectivity index (χ4n) is 3.61. The fourth-order valence-corrected chi connectivity index (χ4v) is 4.31. The zero-order chi connectivity index (χ0) is 21.3. The number of rotatable bonds is 5. The van der Waals surface area contributed by atoms with Gasteiger partial charge in [0.15, 0.2) is 0 Å². The molecule has 1 amide bonds. The van der Waals surface area contributed by atoms with Crippen molar-refractivity contribution in [3.63, 3.8) is 0 Å². The van der Waals surface area contributed by atoms with Gasteiger partial charge < -0.3 is 14.7 Å². The number of carbonyl (C=O) groups is 2. The van der Waals surface area contributed by atoms with Crippen LogP contribution in [-0.4, -0.2) is 28.8 Å². The summed E-state index contributed by atoms with van der Waals surface area (Å²) < 4.78 is 19.1. The molecule has 5 nitrogen and oxygen atoms in total. The average Bonchev–Trinajstić information content (AvgIpc) is 3.36. The number of carbonyl (C=O) groups excluding carboxylic acids is 2. The van der Waals surface area contributed by atoms with E-state index in [0.717, 1.165) is 10.9 Å². The molecule has 1 N–H and O–H groups in total. The minimum atomic E-state index is -0.816. The first-order chi connectivity index (χ1) is 14.5. The van der Waals surface area contributed by atoms with E-state index in [1.54, 1.807) is 24.3 Å². The predicted molar refractivity (Wildman–Crippen MR) is 112 cm³/mol. The number of hydrogen-bond acceptors (Lipinski definition) is 5. The van der Waals surface area contributed by atoms with Gasteiger partial charge in [-0.25, -0.2) is 4.39 Å². The number of benzene rings is 2. The van der Waals surface area contributed by atoms with E-state index in [-0.39, 0.29) is 23.4 Å². The van der Waals surface area contributed by atoms with Gasteiger partial charge in [-0.15, -0.1) is 11.3 Å². The standard InChI is InChI=1S/C23H18FNO4S/c1-29-18-10-9-15(24)12-17(18)21(26)19-20(14-6-3-2-4-7-14)25(23(28)22(19)27)13-16-8-5-11-30-16/h2-12,20,26H,13H2,1H3/b21-19+. The molecule has 1 fully saturated rings. The first-order valence-electron chi connectivity index (χ1n) is 9.21. The first-order valence-corrected chi connectivity index (χ1v) is 10.1. The van der Waals surface area contributed by atoms with Crippen molar-refractivity contribution in [2.75, 3.05) is 7.11 Å². The molecule has 3 aromatic rings. The predicted octanol–water partition coefficient (Wildman–Crippen LogP) is 4.52. The number of hydrogen-bond donors (Lipinski definition) is 1. The van der Waals surface area contributed by atoms with Crippen molar-refractivity contribution in [1.82, 2.24) is 4.90 Å². The minimum Gasteiger partial charge on any atom is -0.507 e. The molecule has 1 saturated heterocycles. The number of amides is 1. The highest BCUT2D eigenvalue weighted by atomic mass is 32.1. The van der Waals surface area contributed by atoms with Crippen LogP contribution in [0.1, 0.15) is 22.0 Å². The molecule has 30 heavy (non-hydrogen) atoms. The molecule has 1 aliphatic heterocycles. The van der Waals surface area contributed by atoms with Gasteiger partial charge in [0.05, 0.1) is 30.8 Å². The normalized spacial score (nSPS) is 18.1. The van der Waals surface area contributed by atoms with E-state index < -0.39 is 29.3 Å². The van der Waals surface area contributed by atoms with Crippen LogP contribution in [0.5, 0.6) is 5.75 Å². The van der Waals surface area contributed by atoms with E-state index in [1.165, 1.54) is 35.5 Å². The van der Waals surface area contributed by atoms with Gasteiger partial charge in [0.1, 0.15) is 17.3 Å². The number of methoxy groups -OCH3 is 1. The second-order valence-electron chi connectivity index (χ2n) is 6.76. The third-order valence-corrected chi connectivity index (χ3v) is 5.84. The number of ketones is 1. The van der Waals surface area contributed by atoms with Gasteiger partial charge in [-0.05, 0) is 35.2 Å². The number of thiophene rings is 1. The average molecular weight is 423 g/mol. The van der Waals surface area contributed by atoms with Crippen molar-refractivity contribution in [3.05, 3.63) is 93.4 Å². The molecular formula is C23H18FNO4S. The Morgan fingerprint density at radius 1 is 1.13 bits per heavy atom. The number of Topliss-reactive ketones (excluding diaryl/α,β-unsaturated/α-hetero) is 1. The van der Waals surface area contributed by atoms with E-state index in [9.17, 15) is 19.1 Å². The van der Waals surface area contributed by atoms with Crippen molar-refractivity contribution < 1.29 is 23.8 Å². The summed E-state index contributed by atoms with van der Waals surface area (Å²) in [6, 6.07) is 15.6. The van der Waals surface area contributed by atoms with Crippen LogP contribution >= 0.6 is 11.3 Å². The molecule has 1 aromatic heterocycles. The molecule has 4 rings (SSSR count). The van der Waals surface area contributed by atoms with Crippen LogP contribution < -0.4 is 4.74 Å². The molecule has 152 valence electrons. The van der Waals surface area contributed by atoms with E-state index >= 15 is 0 Å². The Hall–Kier alpha value is -3.45. The van der Waals surface area contributed by atoms with Crippen molar-refractivity contribution >= 4 is 28.8 Å². The highest BCUT2D eigenvalue weighted by Gasteiger charge is 2.46. The van der Waals surface area contributed by atoms with Gasteiger partial charge in [-0.1, -0.05) is 36.4 Å². The molecule has 1 unspecified atom stereocenters. The lowest BCUT2D eigenvalue weighted by molar-refractivity contribution is -0.140. The number of likely N-dealkylation sites (tertiary alicyclic amines) is 1. The molecular weight excluding hydrogens is 405 g/mol. The largest absolute Gasteiger partial charge is 0.507 e. The molecule has 0 spiro atoms. The van der Waals surface area contributed by atoms with Crippen LogP contribution in [0.15, 0.2) is 71.6 Å². The lowest BCUT2D eigenvalue weighted by Gasteiger charge is -2.25. The van der Waals surface area contributed by atoms with Crippen LogP contribution in [0.2, 0.25) is 0 Å². The van der Waals surface area contributed by atoms with Crippen LogP contribution in [0.4, 0.5) is 4.39 Å². The highest BCUT2D eigenvalue weighted by Crippen LogP contribution is 2.41. The Labute approximate surface area is 176 Å². The molecule has 2 aromatic carbocycles. The summed E-state index contributed by atoms with van der Waals surface area (Å²) >= 11 is 1.47. The van der Waals surface area contributed by atoms with Gasteiger partial charge in [0, 0.05) is 4.88 Å². The molecule has 7 heteroatoms. The maximum absolute atomic E-state index is 13.9. The zero-order valence-electron chi connectivity index (χ0n) is 16.0. The summed E-state index contributed by atoms with van der Waals surface area (Å²) in [6.45, 7) is 0.221. The number of ether oxygens (including phenoxy) is 1. The molecule has 1 aliphatic rings. The Bertz CT molecular complexity index is 1130. The van der Waals surface area contributed by atoms with Crippen LogP contribution in [0.25, 0.3) is 5.76 Å². The molecule has 0 radical (unpaired) electrons. The van der Waals surface area contributed by atoms with E-state index in [1.807, 2.05) is 23.6 Å². The third kappa shape index (κ3) is 3.48. The summed E-state index contributed by atoms with van der Waals surface area (Å²) in [6.07, 6.45) is 0. The Morgan fingerprint density at radius 2 is 1.90 bits per heavy atom. The molecule has 2 heterocycles. The lowest BCUT2D eigenvalue weighted by atomic mass is 9.95. The van der Waals surface area contributed by atoms with Crippen molar-refractivity contribution in [3.8, 4) is 5.75 Å². The van der Waals surface area contributed by atoms with Crippen molar-refractivity contribution in [2.24, 2.45) is 0 Å². The topological polar surface area (TPSA) is 66.8 Å². The molecule has 1 atom stereocenters. The highest BCUT2D eigenvalue weighted by molar-refractivity contribution is 7.09. The van der Waals surface area contributed by atoms with Gasteiger partial charge in [-0.2, -0.15) is 0 Å². The minimum absolute atomic E-state index is 0.0209. The lowest BCUT2D eigenvalue weighted by Crippen LogP contribution is -2.28. The van der Waals surface area contributed by atoms with Gasteiger partial charge in [0.2, 0.25) is 0 Å². The van der Waals surface area contributed by atoms with E-state index in [4.69, 9.17) is 4.74 Å². The number of aliphatic hydroxyl groups excluding tert-OH is 1. The third-order valence-electron chi connectivity index (χ3n) is 4.98. The van der Waals surface area contributed by atoms with Gasteiger partial charge >= 0.3 is 0 Å². The fraction of sp³-hybridized carbons (Fsp3) is 0.130. The summed E-state index contributed by atoms with van der Waals surface area (Å²) in [5, 5.41) is 12.9. The Morgan fingerprint density at radius 3 is 2.57 bits per heavy atom. The van der Waals surface area contributed by atoms with Crippen LogP contribution in [0.3, 0.4) is 0 Å². The van der Waals surface area contributed by atoms with Gasteiger partial charge in [0.25, 0.3) is 11.7 Å². The van der Waals surface area contributed by atoms with E-state index in [0.29, 0.717) is 5.56 Å². The SMILES string of the molecule is COc1ccc(F)cc1/C(O)=C1\C(=O)C(=O)N(Cc2cccs2)C1c1ccccc1. The second kappa shape index (κ2) is 8.12.